The van der Waals surface area contributed by atoms with E-state index in [2.05, 4.69) is 10.6 Å². The number of esters is 1. The molecular weight excluding hydrogens is 308 g/mol. The van der Waals surface area contributed by atoms with Gasteiger partial charge in [-0.05, 0) is 26.8 Å². The average Bonchev–Trinajstić information content (AvgIpc) is 2.51. The third-order valence-corrected chi connectivity index (χ3v) is 3.47. The summed E-state index contributed by atoms with van der Waals surface area (Å²) in [4.78, 5) is 24.1. The highest BCUT2D eigenvalue weighted by molar-refractivity contribution is 5.95. The molecule has 0 aliphatic carbocycles. The van der Waals surface area contributed by atoms with Crippen LogP contribution in [0.4, 0.5) is 4.79 Å². The summed E-state index contributed by atoms with van der Waals surface area (Å²) in [6.07, 6.45) is 3.32. The van der Waals surface area contributed by atoms with Gasteiger partial charge in [0.25, 0.3) is 0 Å². The van der Waals surface area contributed by atoms with Crippen molar-refractivity contribution in [1.82, 2.24) is 10.6 Å². The average molecular weight is 330 g/mol. The number of amides is 2. The van der Waals surface area contributed by atoms with Crippen LogP contribution in [0.1, 0.15) is 26.3 Å². The lowest BCUT2D eigenvalue weighted by atomic mass is 10.0. The highest BCUT2D eigenvalue weighted by Crippen LogP contribution is 2.21. The molecule has 2 N–H and O–H groups in total. The van der Waals surface area contributed by atoms with Crippen molar-refractivity contribution in [3.05, 3.63) is 47.2 Å². The molecule has 0 saturated heterocycles. The maximum Gasteiger partial charge on any atom is 0.338 e. The first-order valence-corrected chi connectivity index (χ1v) is 7.73. The van der Waals surface area contributed by atoms with E-state index >= 15 is 0 Å². The van der Waals surface area contributed by atoms with Crippen LogP contribution in [0.2, 0.25) is 0 Å². The van der Waals surface area contributed by atoms with E-state index in [1.165, 1.54) is 0 Å². The number of urea groups is 1. The predicted molar refractivity (Wildman–Crippen MR) is 91.4 cm³/mol. The standard InChI is InChI=1S/C18H22N2O4/c1-11(2)24-17(21)16-12(3)19-18(22)20-14(16)10-9-13-7-5-6-8-15(13)23-4/h5-11,14H,1-4H3,(H2,19,20,22)/b10-9-/t14-/m0/s1. The zero-order valence-electron chi connectivity index (χ0n) is 14.3. The second kappa shape index (κ2) is 7.68. The number of allylic oxidation sites excluding steroid dienone is 1. The number of benzene rings is 1. The Kier molecular flexibility index (Phi) is 5.63. The third-order valence-electron chi connectivity index (χ3n) is 3.47. The van der Waals surface area contributed by atoms with Crippen LogP contribution >= 0.6 is 0 Å². The van der Waals surface area contributed by atoms with Crippen LogP contribution in [0.5, 0.6) is 5.75 Å². The van der Waals surface area contributed by atoms with Gasteiger partial charge in [0.05, 0.1) is 24.8 Å². The van der Waals surface area contributed by atoms with Crippen molar-refractivity contribution in [3.63, 3.8) is 0 Å². The molecule has 0 radical (unpaired) electrons. The molecule has 1 aliphatic heterocycles. The SMILES string of the molecule is COc1ccccc1/C=C\[C@@H]1NC(=O)NC(C)=C1C(=O)OC(C)C. The van der Waals surface area contributed by atoms with Crippen molar-refractivity contribution >= 4 is 18.1 Å². The summed E-state index contributed by atoms with van der Waals surface area (Å²) in [6.45, 7) is 5.24. The molecule has 0 aromatic heterocycles. The molecule has 1 aliphatic rings. The second-order valence-electron chi connectivity index (χ2n) is 5.67. The quantitative estimate of drug-likeness (QED) is 0.814. The Morgan fingerprint density at radius 3 is 2.67 bits per heavy atom. The van der Waals surface area contributed by atoms with E-state index in [4.69, 9.17) is 9.47 Å². The van der Waals surface area contributed by atoms with E-state index in [0.29, 0.717) is 17.0 Å². The number of carbonyl (C=O) groups is 2. The maximum absolute atomic E-state index is 12.3. The number of nitrogens with one attached hydrogen (secondary N) is 2. The Morgan fingerprint density at radius 1 is 1.29 bits per heavy atom. The van der Waals surface area contributed by atoms with E-state index in [9.17, 15) is 9.59 Å². The van der Waals surface area contributed by atoms with Gasteiger partial charge in [0.15, 0.2) is 0 Å². The molecule has 0 bridgehead atoms. The largest absolute Gasteiger partial charge is 0.496 e. The van der Waals surface area contributed by atoms with Crippen molar-refractivity contribution in [2.75, 3.05) is 7.11 Å². The summed E-state index contributed by atoms with van der Waals surface area (Å²) in [7, 11) is 1.59. The van der Waals surface area contributed by atoms with Gasteiger partial charge in [-0.1, -0.05) is 30.4 Å². The lowest BCUT2D eigenvalue weighted by molar-refractivity contribution is -0.143. The molecule has 2 rings (SSSR count). The van der Waals surface area contributed by atoms with Crippen molar-refractivity contribution in [2.45, 2.75) is 32.9 Å². The van der Waals surface area contributed by atoms with E-state index in [0.717, 1.165) is 5.56 Å². The van der Waals surface area contributed by atoms with Gasteiger partial charge in [0, 0.05) is 11.3 Å². The molecule has 2 amide bonds. The zero-order valence-corrected chi connectivity index (χ0v) is 14.3. The van der Waals surface area contributed by atoms with Crippen LogP contribution < -0.4 is 15.4 Å². The van der Waals surface area contributed by atoms with E-state index in [1.807, 2.05) is 30.3 Å². The molecule has 0 fully saturated rings. The molecule has 1 atom stereocenters. The fraction of sp³-hybridized carbons (Fsp3) is 0.333. The number of ether oxygens (including phenoxy) is 2. The normalized spacial score (nSPS) is 17.7. The number of para-hydroxylation sites is 1. The van der Waals surface area contributed by atoms with Crippen LogP contribution in [0.3, 0.4) is 0 Å². The molecule has 0 unspecified atom stereocenters. The van der Waals surface area contributed by atoms with Crippen LogP contribution in [0, 0.1) is 0 Å². The summed E-state index contributed by atoms with van der Waals surface area (Å²) in [5, 5.41) is 5.33. The first kappa shape index (κ1) is 17.6. The van der Waals surface area contributed by atoms with Crippen LogP contribution in [0.25, 0.3) is 6.08 Å². The summed E-state index contributed by atoms with van der Waals surface area (Å²) in [5.41, 5.74) is 1.72. The lowest BCUT2D eigenvalue weighted by Gasteiger charge is -2.26. The Balaban J connectivity index is 2.31. The fourth-order valence-corrected chi connectivity index (χ4v) is 2.43. The topological polar surface area (TPSA) is 76.7 Å². The highest BCUT2D eigenvalue weighted by Gasteiger charge is 2.29. The van der Waals surface area contributed by atoms with Gasteiger partial charge in [0.1, 0.15) is 5.75 Å². The summed E-state index contributed by atoms with van der Waals surface area (Å²) in [6, 6.07) is 6.56. The highest BCUT2D eigenvalue weighted by atomic mass is 16.5. The smallest absolute Gasteiger partial charge is 0.338 e. The first-order valence-electron chi connectivity index (χ1n) is 7.73. The van der Waals surface area contributed by atoms with Gasteiger partial charge in [-0.25, -0.2) is 9.59 Å². The Morgan fingerprint density at radius 2 is 2.00 bits per heavy atom. The monoisotopic (exact) mass is 330 g/mol. The number of methoxy groups -OCH3 is 1. The molecule has 6 nitrogen and oxygen atoms in total. The Hall–Kier alpha value is -2.76. The predicted octanol–water partition coefficient (Wildman–Crippen LogP) is 2.62. The minimum Gasteiger partial charge on any atom is -0.496 e. The summed E-state index contributed by atoms with van der Waals surface area (Å²) in [5.74, 6) is 0.255. The van der Waals surface area contributed by atoms with Crippen LogP contribution in [-0.4, -0.2) is 31.3 Å². The molecule has 1 aromatic rings. The number of carbonyl (C=O) groups excluding carboxylic acids is 2. The number of rotatable bonds is 5. The molecule has 24 heavy (non-hydrogen) atoms. The maximum atomic E-state index is 12.3. The minimum absolute atomic E-state index is 0.241. The first-order chi connectivity index (χ1) is 11.4. The van der Waals surface area contributed by atoms with Crippen molar-refractivity contribution in [1.29, 1.82) is 0 Å². The van der Waals surface area contributed by atoms with Crippen molar-refractivity contribution in [3.8, 4) is 5.75 Å². The molecule has 128 valence electrons. The van der Waals surface area contributed by atoms with Crippen LogP contribution in [0.15, 0.2) is 41.6 Å². The van der Waals surface area contributed by atoms with Crippen molar-refractivity contribution in [2.24, 2.45) is 0 Å². The Labute approximate surface area is 141 Å². The summed E-state index contributed by atoms with van der Waals surface area (Å²) >= 11 is 0. The Bertz CT molecular complexity index is 692. The molecule has 0 saturated carbocycles. The summed E-state index contributed by atoms with van der Waals surface area (Å²) < 4.78 is 10.6. The number of hydrogen-bond acceptors (Lipinski definition) is 4. The lowest BCUT2D eigenvalue weighted by Crippen LogP contribution is -2.49. The van der Waals surface area contributed by atoms with E-state index in [1.54, 1.807) is 34.0 Å². The fourth-order valence-electron chi connectivity index (χ4n) is 2.43. The molecule has 0 spiro atoms. The van der Waals surface area contributed by atoms with Gasteiger partial charge >= 0.3 is 12.0 Å². The van der Waals surface area contributed by atoms with E-state index in [-0.39, 0.29) is 12.1 Å². The van der Waals surface area contributed by atoms with Gasteiger partial charge in [-0.2, -0.15) is 0 Å². The zero-order chi connectivity index (χ0) is 17.7. The van der Waals surface area contributed by atoms with Gasteiger partial charge in [-0.3, -0.25) is 0 Å². The molecule has 1 aromatic carbocycles. The third kappa shape index (κ3) is 4.16. The molecule has 6 heteroatoms. The molecular formula is C18H22N2O4. The van der Waals surface area contributed by atoms with E-state index < -0.39 is 12.0 Å². The van der Waals surface area contributed by atoms with Crippen molar-refractivity contribution < 1.29 is 19.1 Å². The van der Waals surface area contributed by atoms with Gasteiger partial charge in [-0.15, -0.1) is 0 Å². The molecule has 1 heterocycles. The second-order valence-corrected chi connectivity index (χ2v) is 5.67. The van der Waals surface area contributed by atoms with Gasteiger partial charge < -0.3 is 20.1 Å². The number of hydrogen-bond donors (Lipinski definition) is 2. The van der Waals surface area contributed by atoms with Crippen LogP contribution in [-0.2, 0) is 9.53 Å². The van der Waals surface area contributed by atoms with Gasteiger partial charge in [0.2, 0.25) is 0 Å². The minimum atomic E-state index is -0.574.